The number of fused-ring (bicyclic) bond motifs is 1. The summed E-state index contributed by atoms with van der Waals surface area (Å²) >= 11 is 1.25. The minimum atomic E-state index is -3.88. The van der Waals surface area contributed by atoms with Crippen LogP contribution in [-0.2, 0) is 16.4 Å². The van der Waals surface area contributed by atoms with Gasteiger partial charge in [-0.2, -0.15) is 0 Å². The highest BCUT2D eigenvalue weighted by Crippen LogP contribution is 2.30. The highest BCUT2D eigenvalue weighted by Gasteiger charge is 2.38. The van der Waals surface area contributed by atoms with Gasteiger partial charge in [0.25, 0.3) is 21.8 Å². The summed E-state index contributed by atoms with van der Waals surface area (Å²) in [5.41, 5.74) is 0.192. The average molecular weight is 352 g/mol. The first kappa shape index (κ1) is 15.6. The predicted molar refractivity (Wildman–Crippen MR) is 83.0 cm³/mol. The van der Waals surface area contributed by atoms with Gasteiger partial charge in [-0.3, -0.25) is 14.9 Å². The Bertz CT molecular complexity index is 920. The van der Waals surface area contributed by atoms with Gasteiger partial charge in [-0.1, -0.05) is 18.3 Å². The van der Waals surface area contributed by atoms with E-state index in [9.17, 15) is 18.0 Å². The van der Waals surface area contributed by atoms with E-state index in [1.54, 1.807) is 0 Å². The lowest BCUT2D eigenvalue weighted by molar-refractivity contribution is 0.0890. The summed E-state index contributed by atoms with van der Waals surface area (Å²) in [6, 6.07) is 3.94. The maximum absolute atomic E-state index is 12.2. The molecular weight excluding hydrogens is 340 g/mol. The van der Waals surface area contributed by atoms with Crippen LogP contribution in [0.3, 0.4) is 0 Å². The second-order valence-corrected chi connectivity index (χ2v) is 7.80. The summed E-state index contributed by atoms with van der Waals surface area (Å²) < 4.78 is 24.9. The molecule has 0 spiro atoms. The molecule has 3 rings (SSSR count). The molecule has 0 aliphatic carbocycles. The van der Waals surface area contributed by atoms with Crippen molar-refractivity contribution in [2.75, 3.05) is 12.4 Å². The summed E-state index contributed by atoms with van der Waals surface area (Å²) in [6.45, 7) is 1.92. The first-order chi connectivity index (χ1) is 10.8. The van der Waals surface area contributed by atoms with E-state index >= 15 is 0 Å². The molecule has 2 aromatic rings. The second kappa shape index (κ2) is 5.39. The number of carbonyl (C=O) groups excluding carboxylic acids is 2. The van der Waals surface area contributed by atoms with E-state index in [0.717, 1.165) is 5.01 Å². The normalized spacial score (nSPS) is 15.6. The number of amides is 2. The zero-order chi connectivity index (χ0) is 16.8. The third-order valence-electron chi connectivity index (χ3n) is 3.39. The maximum atomic E-state index is 12.2. The van der Waals surface area contributed by atoms with Crippen LogP contribution in [0.1, 0.15) is 32.6 Å². The van der Waals surface area contributed by atoms with Gasteiger partial charge in [0.05, 0.1) is 5.56 Å². The third kappa shape index (κ3) is 2.49. The molecule has 0 radical (unpaired) electrons. The van der Waals surface area contributed by atoms with Crippen LogP contribution >= 0.6 is 11.3 Å². The van der Waals surface area contributed by atoms with Crippen molar-refractivity contribution in [2.45, 2.75) is 18.2 Å². The van der Waals surface area contributed by atoms with Gasteiger partial charge >= 0.3 is 0 Å². The smallest absolute Gasteiger partial charge is 0.268 e. The largest absolute Gasteiger partial charge is 0.296 e. The number of anilines is 1. The highest BCUT2D eigenvalue weighted by molar-refractivity contribution is 7.90. The van der Waals surface area contributed by atoms with Crippen molar-refractivity contribution in [3.8, 4) is 0 Å². The number of sulfonamides is 1. The van der Waals surface area contributed by atoms with Crippen molar-refractivity contribution < 1.29 is 18.0 Å². The fourth-order valence-corrected chi connectivity index (χ4v) is 4.09. The molecule has 120 valence electrons. The van der Waals surface area contributed by atoms with Crippen LogP contribution in [0.15, 0.2) is 23.1 Å². The second-order valence-electron chi connectivity index (χ2n) is 4.80. The van der Waals surface area contributed by atoms with Crippen molar-refractivity contribution >= 4 is 38.3 Å². The molecule has 1 aromatic heterocycles. The van der Waals surface area contributed by atoms with Gasteiger partial charge in [0.1, 0.15) is 9.90 Å². The highest BCUT2D eigenvalue weighted by atomic mass is 32.2. The van der Waals surface area contributed by atoms with Gasteiger partial charge in [0.15, 0.2) is 0 Å². The Hall–Kier alpha value is -2.33. The molecule has 1 aliphatic heterocycles. The maximum Gasteiger partial charge on any atom is 0.268 e. The van der Waals surface area contributed by atoms with Gasteiger partial charge in [-0.15, -0.1) is 10.2 Å². The molecule has 1 N–H and O–H groups in total. The van der Waals surface area contributed by atoms with Gasteiger partial charge < -0.3 is 0 Å². The number of nitrogens with zero attached hydrogens (tertiary/aromatic N) is 3. The lowest BCUT2D eigenvalue weighted by Crippen LogP contribution is -2.24. The molecule has 0 saturated carbocycles. The van der Waals surface area contributed by atoms with Crippen LogP contribution in [0.4, 0.5) is 5.13 Å². The molecule has 23 heavy (non-hydrogen) atoms. The topological polar surface area (TPSA) is 109 Å². The molecule has 0 atom stereocenters. The standard InChI is InChI=1S/C13H12N4O4S2/c1-3-10-15-16-13(22-10)14-11(18)7-4-5-8-9(6-7)23(20,21)17(2)12(8)19/h4-6H,3H2,1-2H3,(H,14,16,18). The number of benzene rings is 1. The van der Waals surface area contributed by atoms with Crippen molar-refractivity contribution in [1.82, 2.24) is 14.5 Å². The van der Waals surface area contributed by atoms with E-state index in [4.69, 9.17) is 0 Å². The van der Waals surface area contributed by atoms with Crippen LogP contribution in [0.5, 0.6) is 0 Å². The lowest BCUT2D eigenvalue weighted by atomic mass is 10.1. The summed E-state index contributed by atoms with van der Waals surface area (Å²) in [5, 5.41) is 11.4. The van der Waals surface area contributed by atoms with Crippen molar-refractivity contribution in [1.29, 1.82) is 0 Å². The quantitative estimate of drug-likeness (QED) is 0.887. The number of aryl methyl sites for hydroxylation is 1. The number of nitrogens with one attached hydrogen (secondary N) is 1. The summed E-state index contributed by atoms with van der Waals surface area (Å²) in [4.78, 5) is 23.9. The van der Waals surface area contributed by atoms with Gasteiger partial charge in [0, 0.05) is 12.6 Å². The minimum Gasteiger partial charge on any atom is -0.296 e. The summed E-state index contributed by atoms with van der Waals surface area (Å²) in [6.07, 6.45) is 0.707. The zero-order valence-electron chi connectivity index (χ0n) is 12.2. The zero-order valence-corrected chi connectivity index (χ0v) is 13.9. The molecule has 1 aromatic carbocycles. The monoisotopic (exact) mass is 352 g/mol. The van der Waals surface area contributed by atoms with Gasteiger partial charge in [-0.05, 0) is 24.6 Å². The molecule has 0 saturated heterocycles. The first-order valence-corrected chi connectivity index (χ1v) is 8.91. The van der Waals surface area contributed by atoms with Crippen LogP contribution in [0.25, 0.3) is 0 Å². The van der Waals surface area contributed by atoms with Crippen molar-refractivity contribution in [3.63, 3.8) is 0 Å². The Morgan fingerprint density at radius 1 is 1.35 bits per heavy atom. The number of hydrogen-bond donors (Lipinski definition) is 1. The Morgan fingerprint density at radius 3 is 2.74 bits per heavy atom. The number of rotatable bonds is 3. The van der Waals surface area contributed by atoms with Crippen molar-refractivity contribution in [3.05, 3.63) is 34.3 Å². The van der Waals surface area contributed by atoms with Crippen LogP contribution in [-0.4, -0.2) is 41.8 Å². The van der Waals surface area contributed by atoms with E-state index in [1.165, 1.54) is 36.6 Å². The Balaban J connectivity index is 1.92. The number of carbonyl (C=O) groups is 2. The number of aromatic nitrogens is 2. The van der Waals surface area contributed by atoms with Gasteiger partial charge in [0.2, 0.25) is 5.13 Å². The Kier molecular flexibility index (Phi) is 3.65. The van der Waals surface area contributed by atoms with Crippen LogP contribution in [0.2, 0.25) is 0 Å². The fraction of sp³-hybridized carbons (Fsp3) is 0.231. The molecule has 10 heteroatoms. The lowest BCUT2D eigenvalue weighted by Gasteiger charge is -2.06. The predicted octanol–water partition coefficient (Wildman–Crippen LogP) is 1.13. The molecular formula is C13H12N4O4S2. The minimum absolute atomic E-state index is 0.0632. The third-order valence-corrected chi connectivity index (χ3v) is 6.15. The van der Waals surface area contributed by atoms with Gasteiger partial charge in [-0.25, -0.2) is 12.7 Å². The Morgan fingerprint density at radius 2 is 2.09 bits per heavy atom. The molecule has 2 heterocycles. The van der Waals surface area contributed by atoms with E-state index in [0.29, 0.717) is 15.9 Å². The Labute approximate surface area is 136 Å². The van der Waals surface area contributed by atoms with Crippen LogP contribution < -0.4 is 5.32 Å². The first-order valence-electron chi connectivity index (χ1n) is 6.65. The molecule has 2 amide bonds. The molecule has 1 aliphatic rings. The molecule has 0 unspecified atom stereocenters. The molecule has 0 bridgehead atoms. The van der Waals surface area contributed by atoms with E-state index in [2.05, 4.69) is 15.5 Å². The van der Waals surface area contributed by atoms with Crippen LogP contribution in [0, 0.1) is 0 Å². The van der Waals surface area contributed by atoms with Crippen molar-refractivity contribution in [2.24, 2.45) is 0 Å². The van der Waals surface area contributed by atoms with E-state index in [-0.39, 0.29) is 16.0 Å². The molecule has 8 nitrogen and oxygen atoms in total. The average Bonchev–Trinajstić information content (AvgIpc) is 3.05. The van der Waals surface area contributed by atoms with E-state index < -0.39 is 21.8 Å². The molecule has 0 fully saturated rings. The fourth-order valence-electron chi connectivity index (χ4n) is 2.10. The number of hydrogen-bond acceptors (Lipinski definition) is 7. The van der Waals surface area contributed by atoms with E-state index in [1.807, 2.05) is 6.92 Å². The SMILES string of the molecule is CCc1nnc(NC(=O)c2ccc3c(c2)S(=O)(=O)N(C)C3=O)s1. The summed E-state index contributed by atoms with van der Waals surface area (Å²) in [7, 11) is -2.70. The summed E-state index contributed by atoms with van der Waals surface area (Å²) in [5.74, 6) is -1.12.